The van der Waals surface area contributed by atoms with Gasteiger partial charge in [-0.1, -0.05) is 271 Å². The molecule has 0 heterocycles. The first kappa shape index (κ1) is 85.5. The standard InChI is InChI=1S/C69H130O17P2/c1-7-10-12-14-16-18-19-20-21-22-23-28-35-41-47-53-68(73)85-65(58-80-67(72)52-46-40-34-27-25-24-26-32-38-44-50-62(6)9-3)60-84-88(77,78)82-56-63(70)55-81-87(75,76)83-59-64(57-79-66(71)51-45-39-33-17-15-13-11-8-2)86-69(74)54-48-42-36-30-29-31-37-43-49-61(4)5/h18-21,61-65,70H,7-17,22-60H2,1-6H3,(H,75,76)(H,77,78)/b19-18-,21-20-/t62?,63-,64+,65+/m0/s1. The average molecular weight is 1290 g/mol. The molecule has 0 aromatic heterocycles. The Bertz CT molecular complexity index is 1810. The summed E-state index contributed by atoms with van der Waals surface area (Å²) >= 11 is 0. The van der Waals surface area contributed by atoms with Crippen molar-refractivity contribution in [2.75, 3.05) is 39.6 Å². The topological polar surface area (TPSA) is 237 Å². The molecular weight excluding hydrogens is 1160 g/mol. The molecule has 518 valence electrons. The van der Waals surface area contributed by atoms with E-state index < -0.39 is 97.5 Å². The molecule has 0 amide bonds. The number of unbranched alkanes of at least 4 members (excludes halogenated alkanes) is 32. The van der Waals surface area contributed by atoms with E-state index >= 15 is 0 Å². The van der Waals surface area contributed by atoms with E-state index in [1.807, 2.05) is 0 Å². The third kappa shape index (κ3) is 61.1. The van der Waals surface area contributed by atoms with Crippen molar-refractivity contribution in [3.05, 3.63) is 24.3 Å². The van der Waals surface area contributed by atoms with Crippen molar-refractivity contribution in [1.29, 1.82) is 0 Å². The van der Waals surface area contributed by atoms with Crippen molar-refractivity contribution in [3.8, 4) is 0 Å². The molecule has 19 heteroatoms. The van der Waals surface area contributed by atoms with Crippen LogP contribution in [0.25, 0.3) is 0 Å². The van der Waals surface area contributed by atoms with Crippen molar-refractivity contribution in [1.82, 2.24) is 0 Å². The van der Waals surface area contributed by atoms with Crippen molar-refractivity contribution >= 4 is 39.5 Å². The molecule has 0 aromatic rings. The lowest BCUT2D eigenvalue weighted by atomic mass is 9.99. The molecule has 0 saturated carbocycles. The number of hydrogen-bond donors (Lipinski definition) is 3. The largest absolute Gasteiger partial charge is 0.472 e. The summed E-state index contributed by atoms with van der Waals surface area (Å²) in [6, 6.07) is 0. The Morgan fingerprint density at radius 3 is 1.02 bits per heavy atom. The first-order valence-corrected chi connectivity index (χ1v) is 38.3. The van der Waals surface area contributed by atoms with Crippen LogP contribution >= 0.6 is 15.6 Å². The summed E-state index contributed by atoms with van der Waals surface area (Å²) in [5, 5.41) is 10.6. The zero-order chi connectivity index (χ0) is 65.0. The summed E-state index contributed by atoms with van der Waals surface area (Å²) in [5.74, 6) is -0.637. The second-order valence-corrected chi connectivity index (χ2v) is 27.9. The molecule has 3 unspecified atom stereocenters. The highest BCUT2D eigenvalue weighted by molar-refractivity contribution is 7.47. The minimum Gasteiger partial charge on any atom is -0.462 e. The van der Waals surface area contributed by atoms with Gasteiger partial charge in [0, 0.05) is 25.7 Å². The Balaban J connectivity index is 5.28. The summed E-state index contributed by atoms with van der Waals surface area (Å²) in [5.41, 5.74) is 0. The minimum atomic E-state index is -4.96. The van der Waals surface area contributed by atoms with Gasteiger partial charge in [0.2, 0.25) is 0 Å². The Hall–Kier alpha value is -2.46. The van der Waals surface area contributed by atoms with Crippen molar-refractivity contribution in [3.63, 3.8) is 0 Å². The molecule has 0 saturated heterocycles. The normalized spacial score (nSPS) is 14.7. The van der Waals surface area contributed by atoms with E-state index in [0.717, 1.165) is 121 Å². The number of allylic oxidation sites excluding steroid dienone is 4. The van der Waals surface area contributed by atoms with Crippen LogP contribution in [0.1, 0.15) is 324 Å². The van der Waals surface area contributed by atoms with Crippen LogP contribution < -0.4 is 0 Å². The maximum atomic E-state index is 13.0. The quantitative estimate of drug-likeness (QED) is 0.0169. The maximum Gasteiger partial charge on any atom is 0.472 e. The number of esters is 4. The van der Waals surface area contributed by atoms with E-state index in [9.17, 15) is 43.2 Å². The zero-order valence-electron chi connectivity index (χ0n) is 56.5. The number of aliphatic hydroxyl groups excluding tert-OH is 1. The first-order chi connectivity index (χ1) is 42.4. The van der Waals surface area contributed by atoms with Crippen LogP contribution in [-0.4, -0.2) is 96.7 Å². The second-order valence-electron chi connectivity index (χ2n) is 24.9. The van der Waals surface area contributed by atoms with E-state index in [1.54, 1.807) is 0 Å². The van der Waals surface area contributed by atoms with Crippen LogP contribution in [-0.2, 0) is 65.4 Å². The number of phosphoric acid groups is 2. The molecule has 88 heavy (non-hydrogen) atoms. The van der Waals surface area contributed by atoms with Crippen molar-refractivity contribution in [2.45, 2.75) is 342 Å². The SMILES string of the molecule is CCCCCC/C=C\C=C/CCCCCCCC(=O)O[C@H](COC(=O)CCCCCCCCCCCCC(C)CC)COP(=O)(O)OC[C@@H](O)COP(=O)(O)OC[C@@H](COC(=O)CCCCCCCCCC)OC(=O)CCCCCCCCCCC(C)C. The lowest BCUT2D eigenvalue weighted by Crippen LogP contribution is -2.30. The highest BCUT2D eigenvalue weighted by atomic mass is 31.2. The number of carbonyl (C=O) groups excluding carboxylic acids is 4. The summed E-state index contributed by atoms with van der Waals surface area (Å²) in [4.78, 5) is 72.4. The van der Waals surface area contributed by atoms with E-state index in [-0.39, 0.29) is 25.7 Å². The monoisotopic (exact) mass is 1290 g/mol. The van der Waals surface area contributed by atoms with Gasteiger partial charge in [-0.2, -0.15) is 0 Å². The molecule has 0 aliphatic heterocycles. The molecule has 0 bridgehead atoms. The van der Waals surface area contributed by atoms with Gasteiger partial charge >= 0.3 is 39.5 Å². The van der Waals surface area contributed by atoms with Crippen LogP contribution in [0.4, 0.5) is 0 Å². The lowest BCUT2D eigenvalue weighted by molar-refractivity contribution is -0.161. The molecule has 0 aromatic carbocycles. The lowest BCUT2D eigenvalue weighted by Gasteiger charge is -2.21. The first-order valence-electron chi connectivity index (χ1n) is 35.3. The molecular formula is C69H130O17P2. The molecule has 0 aliphatic rings. The summed E-state index contributed by atoms with van der Waals surface area (Å²) in [6.07, 6.45) is 48.0. The van der Waals surface area contributed by atoms with Crippen LogP contribution in [0.5, 0.6) is 0 Å². The zero-order valence-corrected chi connectivity index (χ0v) is 58.3. The summed E-state index contributed by atoms with van der Waals surface area (Å²) in [6.45, 7) is 9.43. The Labute approximate surface area is 535 Å². The summed E-state index contributed by atoms with van der Waals surface area (Å²) in [7, 11) is -9.91. The van der Waals surface area contributed by atoms with Gasteiger partial charge in [0.15, 0.2) is 12.2 Å². The Morgan fingerprint density at radius 1 is 0.375 bits per heavy atom. The van der Waals surface area contributed by atoms with Gasteiger partial charge in [0.25, 0.3) is 0 Å². The number of phosphoric ester groups is 2. The van der Waals surface area contributed by atoms with Crippen molar-refractivity contribution < 1.29 is 80.2 Å². The highest BCUT2D eigenvalue weighted by Crippen LogP contribution is 2.45. The van der Waals surface area contributed by atoms with Gasteiger partial charge in [0.1, 0.15) is 19.3 Å². The van der Waals surface area contributed by atoms with E-state index in [0.29, 0.717) is 25.7 Å². The minimum absolute atomic E-state index is 0.0846. The third-order valence-corrected chi connectivity index (χ3v) is 17.6. The highest BCUT2D eigenvalue weighted by Gasteiger charge is 2.30. The molecule has 0 rings (SSSR count). The molecule has 0 fully saturated rings. The number of ether oxygens (including phenoxy) is 4. The molecule has 0 aliphatic carbocycles. The van der Waals surface area contributed by atoms with Gasteiger partial charge in [-0.15, -0.1) is 0 Å². The Kier molecular flexibility index (Phi) is 59.1. The average Bonchev–Trinajstić information content (AvgIpc) is 3.61. The second kappa shape index (κ2) is 60.8. The smallest absolute Gasteiger partial charge is 0.462 e. The molecule has 0 spiro atoms. The van der Waals surface area contributed by atoms with E-state index in [1.165, 1.54) is 122 Å². The number of rotatable bonds is 66. The molecule has 6 atom stereocenters. The van der Waals surface area contributed by atoms with E-state index in [2.05, 4.69) is 65.8 Å². The Morgan fingerprint density at radius 2 is 0.670 bits per heavy atom. The number of carbonyl (C=O) groups is 4. The molecule has 3 N–H and O–H groups in total. The van der Waals surface area contributed by atoms with Gasteiger partial charge in [-0.3, -0.25) is 37.3 Å². The van der Waals surface area contributed by atoms with Crippen LogP contribution in [0.3, 0.4) is 0 Å². The summed E-state index contributed by atoms with van der Waals surface area (Å²) < 4.78 is 68.1. The fourth-order valence-electron chi connectivity index (χ4n) is 9.84. The third-order valence-electron chi connectivity index (χ3n) is 15.7. The van der Waals surface area contributed by atoms with Gasteiger partial charge in [-0.25, -0.2) is 9.13 Å². The maximum absolute atomic E-state index is 13.0. The molecule has 17 nitrogen and oxygen atoms in total. The number of aliphatic hydroxyl groups is 1. The number of hydrogen-bond acceptors (Lipinski definition) is 15. The predicted molar refractivity (Wildman–Crippen MR) is 354 cm³/mol. The fraction of sp³-hybridized carbons (Fsp3) is 0.884. The predicted octanol–water partition coefficient (Wildman–Crippen LogP) is 19.2. The van der Waals surface area contributed by atoms with Crippen LogP contribution in [0.15, 0.2) is 24.3 Å². The van der Waals surface area contributed by atoms with Crippen LogP contribution in [0, 0.1) is 11.8 Å². The van der Waals surface area contributed by atoms with Crippen LogP contribution in [0.2, 0.25) is 0 Å². The van der Waals surface area contributed by atoms with E-state index in [4.69, 9.17) is 37.0 Å². The van der Waals surface area contributed by atoms with Gasteiger partial charge in [0.05, 0.1) is 26.4 Å². The fourth-order valence-corrected chi connectivity index (χ4v) is 11.4. The van der Waals surface area contributed by atoms with Crippen molar-refractivity contribution in [2.24, 2.45) is 11.8 Å². The van der Waals surface area contributed by atoms with Gasteiger partial charge < -0.3 is 33.8 Å². The van der Waals surface area contributed by atoms with Gasteiger partial charge in [-0.05, 0) is 63.2 Å². The molecule has 0 radical (unpaired) electrons.